The highest BCUT2D eigenvalue weighted by molar-refractivity contribution is 5.85. The van der Waals surface area contributed by atoms with Crippen molar-refractivity contribution in [2.24, 2.45) is 5.73 Å². The van der Waals surface area contributed by atoms with E-state index in [2.05, 4.69) is 4.74 Å². The monoisotopic (exact) mass is 317 g/mol. The summed E-state index contributed by atoms with van der Waals surface area (Å²) in [7, 11) is 0. The van der Waals surface area contributed by atoms with Crippen molar-refractivity contribution < 1.29 is 32.2 Å². The Balaban J connectivity index is 0.00000361. The number of phenolic OH excluding ortho intramolecular Hbond substituents is 1. The lowest BCUT2D eigenvalue weighted by atomic mass is 10.0. The average Bonchev–Trinajstić information content (AvgIpc) is 2.35. The number of hydrogen-bond acceptors (Lipinski definition) is 4. The summed E-state index contributed by atoms with van der Waals surface area (Å²) in [5, 5.41) is 9.28. The first-order valence-electron chi connectivity index (χ1n) is 5.23. The van der Waals surface area contributed by atoms with Crippen molar-refractivity contribution in [3.8, 4) is 5.75 Å². The summed E-state index contributed by atoms with van der Waals surface area (Å²) in [5.41, 5.74) is 4.20. The minimum atomic E-state index is -2.52. The van der Waals surface area contributed by atoms with E-state index in [0.717, 1.165) is 0 Å². The molecular formula is C11H12ClF4NO3. The predicted molar refractivity (Wildman–Crippen MR) is 63.7 cm³/mol. The fourth-order valence-corrected chi connectivity index (χ4v) is 1.43. The second-order valence-electron chi connectivity index (χ2n) is 3.60. The molecule has 3 N–H and O–H groups in total. The summed E-state index contributed by atoms with van der Waals surface area (Å²) < 4.78 is 57.0. The van der Waals surface area contributed by atoms with E-state index in [0.29, 0.717) is 0 Å². The molecule has 4 nitrogen and oxygen atoms in total. The van der Waals surface area contributed by atoms with Gasteiger partial charge in [-0.2, -0.15) is 0 Å². The maximum atomic E-state index is 13.6. The minimum Gasteiger partial charge on any atom is -0.507 e. The standard InChI is InChI=1S/C11H11F4NO3.ClH/c1-2-19-11(18)9(15)10(16)6-5(17)3-4(12)7(13)8(6)14;/h3,9-10,17H,2,16H2,1H3;1H/t9?,10-;/m0./s1. The normalized spacial score (nSPS) is 13.3. The van der Waals surface area contributed by atoms with Gasteiger partial charge in [-0.15, -0.1) is 12.4 Å². The third-order valence-electron chi connectivity index (χ3n) is 2.34. The second-order valence-corrected chi connectivity index (χ2v) is 3.60. The Labute approximate surface area is 117 Å². The number of hydrogen-bond donors (Lipinski definition) is 2. The van der Waals surface area contributed by atoms with Crippen molar-refractivity contribution in [2.75, 3.05) is 6.61 Å². The molecule has 0 saturated carbocycles. The lowest BCUT2D eigenvalue weighted by molar-refractivity contribution is -0.150. The van der Waals surface area contributed by atoms with Crippen molar-refractivity contribution >= 4 is 18.4 Å². The van der Waals surface area contributed by atoms with E-state index in [1.807, 2.05) is 0 Å². The van der Waals surface area contributed by atoms with Crippen LogP contribution in [0.15, 0.2) is 6.07 Å². The number of carbonyl (C=O) groups is 1. The molecule has 0 heterocycles. The zero-order valence-corrected chi connectivity index (χ0v) is 11.0. The molecule has 0 bridgehead atoms. The first-order valence-corrected chi connectivity index (χ1v) is 5.23. The molecular weight excluding hydrogens is 306 g/mol. The van der Waals surface area contributed by atoms with Crippen molar-refractivity contribution in [3.05, 3.63) is 29.1 Å². The van der Waals surface area contributed by atoms with Gasteiger partial charge in [0.25, 0.3) is 0 Å². The van der Waals surface area contributed by atoms with Crippen LogP contribution in [0.5, 0.6) is 5.75 Å². The van der Waals surface area contributed by atoms with Crippen LogP contribution in [-0.2, 0) is 9.53 Å². The number of halogens is 5. The van der Waals surface area contributed by atoms with Gasteiger partial charge in [0.15, 0.2) is 17.5 Å². The molecule has 1 unspecified atom stereocenters. The van der Waals surface area contributed by atoms with Crippen LogP contribution in [-0.4, -0.2) is 23.9 Å². The summed E-state index contributed by atoms with van der Waals surface area (Å²) in [6.07, 6.45) is -2.52. The van der Waals surface area contributed by atoms with Crippen molar-refractivity contribution in [2.45, 2.75) is 19.1 Å². The summed E-state index contributed by atoms with van der Waals surface area (Å²) in [6, 6.07) is -1.78. The summed E-state index contributed by atoms with van der Waals surface area (Å²) >= 11 is 0. The van der Waals surface area contributed by atoms with Crippen molar-refractivity contribution in [1.29, 1.82) is 0 Å². The topological polar surface area (TPSA) is 72.5 Å². The maximum Gasteiger partial charge on any atom is 0.342 e. The molecule has 0 aliphatic rings. The molecule has 114 valence electrons. The Morgan fingerprint density at radius 3 is 2.45 bits per heavy atom. The third-order valence-corrected chi connectivity index (χ3v) is 2.34. The molecule has 0 aromatic heterocycles. The number of carbonyl (C=O) groups excluding carboxylic acids is 1. The molecule has 20 heavy (non-hydrogen) atoms. The molecule has 0 radical (unpaired) electrons. The van der Waals surface area contributed by atoms with Crippen LogP contribution in [0.2, 0.25) is 0 Å². The summed E-state index contributed by atoms with van der Waals surface area (Å²) in [4.78, 5) is 11.1. The zero-order chi connectivity index (χ0) is 14.7. The largest absolute Gasteiger partial charge is 0.507 e. The van der Waals surface area contributed by atoms with Gasteiger partial charge in [0.05, 0.1) is 18.2 Å². The molecule has 0 amide bonds. The Kier molecular flexibility index (Phi) is 6.74. The van der Waals surface area contributed by atoms with E-state index in [-0.39, 0.29) is 25.1 Å². The lowest BCUT2D eigenvalue weighted by Crippen LogP contribution is -2.32. The van der Waals surface area contributed by atoms with Crippen LogP contribution < -0.4 is 5.73 Å². The molecule has 0 saturated heterocycles. The number of phenols is 1. The first-order chi connectivity index (χ1) is 8.81. The molecule has 1 rings (SSSR count). The molecule has 0 spiro atoms. The van der Waals surface area contributed by atoms with Gasteiger partial charge in [-0.3, -0.25) is 0 Å². The van der Waals surface area contributed by atoms with Gasteiger partial charge in [-0.25, -0.2) is 22.4 Å². The van der Waals surface area contributed by atoms with Gasteiger partial charge in [-0.05, 0) is 6.92 Å². The quantitative estimate of drug-likeness (QED) is 0.507. The summed E-state index contributed by atoms with van der Waals surface area (Å²) in [5.74, 6) is -7.90. The average molecular weight is 318 g/mol. The van der Waals surface area contributed by atoms with Gasteiger partial charge in [-0.1, -0.05) is 0 Å². The van der Waals surface area contributed by atoms with Gasteiger partial charge in [0, 0.05) is 6.07 Å². The Hall–Kier alpha value is -1.54. The van der Waals surface area contributed by atoms with Crippen LogP contribution in [0.1, 0.15) is 18.5 Å². The number of alkyl halides is 1. The van der Waals surface area contributed by atoms with Gasteiger partial charge in [0.1, 0.15) is 5.75 Å². The van der Waals surface area contributed by atoms with Crippen LogP contribution in [0, 0.1) is 17.5 Å². The number of benzene rings is 1. The molecule has 9 heteroatoms. The van der Waals surface area contributed by atoms with Crippen molar-refractivity contribution in [3.63, 3.8) is 0 Å². The first kappa shape index (κ1) is 18.5. The van der Waals surface area contributed by atoms with E-state index in [1.165, 1.54) is 6.92 Å². The van der Waals surface area contributed by atoms with Crippen LogP contribution >= 0.6 is 12.4 Å². The van der Waals surface area contributed by atoms with Gasteiger partial charge >= 0.3 is 5.97 Å². The second kappa shape index (κ2) is 7.30. The number of aromatic hydroxyl groups is 1. The highest BCUT2D eigenvalue weighted by Crippen LogP contribution is 2.32. The third kappa shape index (κ3) is 3.51. The van der Waals surface area contributed by atoms with E-state index >= 15 is 0 Å². The Morgan fingerprint density at radius 2 is 1.95 bits per heavy atom. The maximum absolute atomic E-state index is 13.6. The number of nitrogens with two attached hydrogens (primary N) is 1. The smallest absolute Gasteiger partial charge is 0.342 e. The summed E-state index contributed by atoms with van der Waals surface area (Å²) in [6.45, 7) is 1.27. The molecule has 0 fully saturated rings. The fourth-order valence-electron chi connectivity index (χ4n) is 1.43. The number of esters is 1. The van der Waals surface area contributed by atoms with Crippen LogP contribution in [0.4, 0.5) is 17.6 Å². The molecule has 2 atom stereocenters. The molecule has 1 aromatic carbocycles. The number of rotatable bonds is 4. The number of ether oxygens (including phenoxy) is 1. The lowest BCUT2D eigenvalue weighted by Gasteiger charge is -2.18. The SMILES string of the molecule is CCOC(=O)C(F)[C@@H](N)c1c(O)cc(F)c(F)c1F.Cl. The van der Waals surface area contributed by atoms with E-state index in [1.54, 1.807) is 0 Å². The predicted octanol–water partition coefficient (Wildman–Crippen LogP) is 2.13. The Bertz CT molecular complexity index is 501. The van der Waals surface area contributed by atoms with Crippen molar-refractivity contribution in [1.82, 2.24) is 0 Å². The van der Waals surface area contributed by atoms with Crippen LogP contribution in [0.25, 0.3) is 0 Å². The highest BCUT2D eigenvalue weighted by Gasteiger charge is 2.33. The van der Waals surface area contributed by atoms with E-state index in [9.17, 15) is 27.5 Å². The minimum absolute atomic E-state index is 0. The van der Waals surface area contributed by atoms with Gasteiger partial charge in [0.2, 0.25) is 6.17 Å². The van der Waals surface area contributed by atoms with E-state index < -0.39 is 46.9 Å². The van der Waals surface area contributed by atoms with Crippen LogP contribution in [0.3, 0.4) is 0 Å². The van der Waals surface area contributed by atoms with Gasteiger partial charge < -0.3 is 15.6 Å². The molecule has 1 aromatic rings. The fraction of sp³-hybridized carbons (Fsp3) is 0.364. The Morgan fingerprint density at radius 1 is 1.40 bits per heavy atom. The molecule has 0 aliphatic heterocycles. The molecule has 0 aliphatic carbocycles. The highest BCUT2D eigenvalue weighted by atomic mass is 35.5. The van der Waals surface area contributed by atoms with E-state index in [4.69, 9.17) is 5.73 Å². The zero-order valence-electron chi connectivity index (χ0n) is 10.2.